The fraction of sp³-hybridized carbons (Fsp3) is 0.600. The van der Waals surface area contributed by atoms with Crippen LogP contribution in [0.2, 0.25) is 0 Å². The Morgan fingerprint density at radius 3 is 2.82 bits per heavy atom. The van der Waals surface area contributed by atoms with Crippen molar-refractivity contribution in [1.29, 1.82) is 0 Å². The molecule has 1 nitrogen and oxygen atoms in total. The van der Waals surface area contributed by atoms with Gasteiger partial charge in [-0.3, -0.25) is 0 Å². The molecule has 2 aliphatic rings. The molecule has 0 N–H and O–H groups in total. The molecule has 2 rings (SSSR count). The van der Waals surface area contributed by atoms with Crippen molar-refractivity contribution in [3.63, 3.8) is 0 Å². The van der Waals surface area contributed by atoms with E-state index >= 15 is 0 Å². The third-order valence-corrected chi connectivity index (χ3v) is 2.81. The van der Waals surface area contributed by atoms with E-state index in [1.165, 1.54) is 12.8 Å². The van der Waals surface area contributed by atoms with E-state index in [0.717, 1.165) is 5.92 Å². The van der Waals surface area contributed by atoms with Crippen LogP contribution in [0.5, 0.6) is 0 Å². The van der Waals surface area contributed by atoms with Crippen molar-refractivity contribution in [2.24, 2.45) is 11.8 Å². The van der Waals surface area contributed by atoms with Crippen molar-refractivity contribution >= 4 is 0 Å². The number of hydrogen-bond donors (Lipinski definition) is 0. The van der Waals surface area contributed by atoms with Crippen LogP contribution in [0.1, 0.15) is 12.8 Å². The highest BCUT2D eigenvalue weighted by molar-refractivity contribution is 5.17. The van der Waals surface area contributed by atoms with Crippen LogP contribution < -0.4 is 0 Å². The van der Waals surface area contributed by atoms with Crippen LogP contribution in [0.15, 0.2) is 24.3 Å². The number of methoxy groups -OCH3 is 1. The van der Waals surface area contributed by atoms with Crippen LogP contribution in [0.3, 0.4) is 0 Å². The van der Waals surface area contributed by atoms with E-state index in [0.29, 0.717) is 12.0 Å². The fourth-order valence-corrected chi connectivity index (χ4v) is 2.18. The Morgan fingerprint density at radius 1 is 1.18 bits per heavy atom. The fourth-order valence-electron chi connectivity index (χ4n) is 2.18. The first-order chi connectivity index (χ1) is 5.42. The molecule has 0 radical (unpaired) electrons. The van der Waals surface area contributed by atoms with Gasteiger partial charge in [0.2, 0.25) is 0 Å². The van der Waals surface area contributed by atoms with Crippen LogP contribution >= 0.6 is 0 Å². The van der Waals surface area contributed by atoms with Gasteiger partial charge in [0.15, 0.2) is 0 Å². The van der Waals surface area contributed by atoms with Crippen LogP contribution in [-0.4, -0.2) is 13.2 Å². The monoisotopic (exact) mass is 150 g/mol. The van der Waals surface area contributed by atoms with E-state index in [1.54, 1.807) is 0 Å². The maximum atomic E-state index is 5.40. The molecule has 0 heterocycles. The molecule has 60 valence electrons. The van der Waals surface area contributed by atoms with Gasteiger partial charge in [-0.05, 0) is 18.8 Å². The maximum absolute atomic E-state index is 5.40. The summed E-state index contributed by atoms with van der Waals surface area (Å²) in [5, 5.41) is 0. The molecule has 0 spiro atoms. The zero-order chi connectivity index (χ0) is 7.68. The van der Waals surface area contributed by atoms with Crippen LogP contribution in [-0.2, 0) is 4.74 Å². The highest BCUT2D eigenvalue weighted by Gasteiger charge is 2.33. The summed E-state index contributed by atoms with van der Waals surface area (Å²) in [4.78, 5) is 0. The normalized spacial score (nSPS) is 41.0. The largest absolute Gasteiger partial charge is 0.381 e. The first-order valence-corrected chi connectivity index (χ1v) is 4.29. The smallest absolute Gasteiger partial charge is 0.0639 e. The number of rotatable bonds is 1. The average molecular weight is 150 g/mol. The van der Waals surface area contributed by atoms with Gasteiger partial charge in [0, 0.05) is 13.0 Å². The van der Waals surface area contributed by atoms with Crippen LogP contribution in [0.4, 0.5) is 0 Å². The van der Waals surface area contributed by atoms with Crippen molar-refractivity contribution in [2.75, 3.05) is 7.11 Å². The van der Waals surface area contributed by atoms with Crippen LogP contribution in [0.25, 0.3) is 0 Å². The highest BCUT2D eigenvalue weighted by atomic mass is 16.5. The summed E-state index contributed by atoms with van der Waals surface area (Å²) in [5.74, 6) is 1.41. The van der Waals surface area contributed by atoms with Gasteiger partial charge in [-0.15, -0.1) is 0 Å². The average Bonchev–Trinajstić information content (AvgIpc) is 2.47. The molecule has 11 heavy (non-hydrogen) atoms. The molecular formula is C10H14O. The second-order valence-corrected chi connectivity index (χ2v) is 3.36. The lowest BCUT2D eigenvalue weighted by Gasteiger charge is -2.20. The van der Waals surface area contributed by atoms with Crippen molar-refractivity contribution in [3.05, 3.63) is 24.3 Å². The Bertz CT molecular complexity index is 193. The summed E-state index contributed by atoms with van der Waals surface area (Å²) in [6.45, 7) is 0. The molecule has 2 aliphatic carbocycles. The molecule has 1 saturated carbocycles. The quantitative estimate of drug-likeness (QED) is 0.556. The van der Waals surface area contributed by atoms with Gasteiger partial charge in [0.1, 0.15) is 0 Å². The zero-order valence-electron chi connectivity index (χ0n) is 6.86. The lowest BCUT2D eigenvalue weighted by Crippen LogP contribution is -2.19. The van der Waals surface area contributed by atoms with Crippen molar-refractivity contribution < 1.29 is 4.74 Å². The van der Waals surface area contributed by atoms with Crippen LogP contribution in [0, 0.1) is 11.8 Å². The van der Waals surface area contributed by atoms with E-state index in [9.17, 15) is 0 Å². The molecular weight excluding hydrogens is 136 g/mol. The molecule has 1 heteroatoms. The summed E-state index contributed by atoms with van der Waals surface area (Å²) in [6.07, 6.45) is 11.9. The Hall–Kier alpha value is -0.560. The molecule has 0 aliphatic heterocycles. The molecule has 0 aromatic heterocycles. The minimum atomic E-state index is 0.473. The summed E-state index contributed by atoms with van der Waals surface area (Å²) < 4.78 is 5.40. The number of allylic oxidation sites excluding steroid dienone is 3. The highest BCUT2D eigenvalue weighted by Crippen LogP contribution is 2.37. The van der Waals surface area contributed by atoms with Crippen molar-refractivity contribution in [1.82, 2.24) is 0 Å². The Labute approximate surface area is 67.7 Å². The molecule has 0 saturated heterocycles. The molecule has 0 aromatic rings. The van der Waals surface area contributed by atoms with Gasteiger partial charge in [-0.25, -0.2) is 0 Å². The third-order valence-electron chi connectivity index (χ3n) is 2.81. The number of fused-ring (bicyclic) bond motifs is 1. The third kappa shape index (κ3) is 1.14. The van der Waals surface area contributed by atoms with Gasteiger partial charge >= 0.3 is 0 Å². The molecule has 0 amide bonds. The maximum Gasteiger partial charge on any atom is 0.0639 e. The van der Waals surface area contributed by atoms with Gasteiger partial charge in [0.05, 0.1) is 6.10 Å². The Kier molecular flexibility index (Phi) is 1.82. The lowest BCUT2D eigenvalue weighted by atomic mass is 9.91. The first-order valence-electron chi connectivity index (χ1n) is 4.29. The van der Waals surface area contributed by atoms with Gasteiger partial charge in [0.25, 0.3) is 0 Å². The molecule has 3 atom stereocenters. The summed E-state index contributed by atoms with van der Waals surface area (Å²) >= 11 is 0. The van der Waals surface area contributed by atoms with Crippen molar-refractivity contribution in [2.45, 2.75) is 18.9 Å². The van der Waals surface area contributed by atoms with Crippen molar-refractivity contribution in [3.8, 4) is 0 Å². The minimum absolute atomic E-state index is 0.473. The Morgan fingerprint density at radius 2 is 2.00 bits per heavy atom. The predicted molar refractivity (Wildman–Crippen MR) is 45.3 cm³/mol. The van der Waals surface area contributed by atoms with E-state index in [2.05, 4.69) is 24.3 Å². The minimum Gasteiger partial charge on any atom is -0.381 e. The number of hydrogen-bond acceptors (Lipinski definition) is 1. The second kappa shape index (κ2) is 2.82. The zero-order valence-corrected chi connectivity index (χ0v) is 6.86. The SMILES string of the molecule is COC1CCC2C=CC=CC21. The predicted octanol–water partition coefficient (Wildman–Crippen LogP) is 2.15. The van der Waals surface area contributed by atoms with E-state index in [-0.39, 0.29) is 0 Å². The van der Waals surface area contributed by atoms with Gasteiger partial charge in [-0.2, -0.15) is 0 Å². The lowest BCUT2D eigenvalue weighted by molar-refractivity contribution is 0.0815. The molecule has 0 aromatic carbocycles. The van der Waals surface area contributed by atoms with Gasteiger partial charge < -0.3 is 4.74 Å². The summed E-state index contributed by atoms with van der Waals surface area (Å²) in [7, 11) is 1.82. The van der Waals surface area contributed by atoms with E-state index < -0.39 is 0 Å². The molecule has 1 fully saturated rings. The van der Waals surface area contributed by atoms with E-state index in [4.69, 9.17) is 4.74 Å². The summed E-state index contributed by atoms with van der Waals surface area (Å²) in [5.41, 5.74) is 0. The Balaban J connectivity index is 2.13. The first kappa shape index (κ1) is 7.11. The summed E-state index contributed by atoms with van der Waals surface area (Å²) in [6, 6.07) is 0. The van der Waals surface area contributed by atoms with Gasteiger partial charge in [-0.1, -0.05) is 24.3 Å². The second-order valence-electron chi connectivity index (χ2n) is 3.36. The van der Waals surface area contributed by atoms with E-state index in [1.807, 2.05) is 7.11 Å². The topological polar surface area (TPSA) is 9.23 Å². The standard InChI is InChI=1S/C10H14O/c1-11-10-7-6-8-4-2-3-5-9(8)10/h2-5,8-10H,6-7H2,1H3. The molecule has 3 unspecified atom stereocenters. The molecule has 0 bridgehead atoms. The number of ether oxygens (including phenoxy) is 1.